The smallest absolute Gasteiger partial charge is 0.327 e. The van der Waals surface area contributed by atoms with E-state index in [-0.39, 0.29) is 11.4 Å². The highest BCUT2D eigenvalue weighted by Gasteiger charge is 2.21. The molecule has 0 spiro atoms. The van der Waals surface area contributed by atoms with Gasteiger partial charge in [-0.3, -0.25) is 4.79 Å². The minimum absolute atomic E-state index is 0.0162. The number of hydrogen-bond acceptors (Lipinski definition) is 6. The van der Waals surface area contributed by atoms with Crippen LogP contribution in [0.25, 0.3) is 10.9 Å². The summed E-state index contributed by atoms with van der Waals surface area (Å²) in [7, 11) is 0. The summed E-state index contributed by atoms with van der Waals surface area (Å²) < 4.78 is 0.848. The number of aliphatic carboxylic acids is 1. The Labute approximate surface area is 155 Å². The molecule has 0 fully saturated rings. The molecule has 0 aliphatic heterocycles. The quantitative estimate of drug-likeness (QED) is 0.239. The van der Waals surface area contributed by atoms with Crippen LogP contribution in [0.1, 0.15) is 36.8 Å². The second kappa shape index (κ2) is 7.69. The number of nitrogens with one attached hydrogen (secondary N) is 1. The van der Waals surface area contributed by atoms with Gasteiger partial charge in [0, 0.05) is 37.5 Å². The van der Waals surface area contributed by atoms with Crippen molar-refractivity contribution in [1.82, 2.24) is 15.5 Å². The van der Waals surface area contributed by atoms with E-state index in [1.165, 1.54) is 12.3 Å². The minimum atomic E-state index is -1.18. The summed E-state index contributed by atoms with van der Waals surface area (Å²) in [6, 6.07) is 5.52. The van der Waals surface area contributed by atoms with E-state index in [4.69, 9.17) is 5.11 Å². The maximum absolute atomic E-state index is 12.2. The van der Waals surface area contributed by atoms with Crippen molar-refractivity contribution in [3.05, 3.63) is 40.7 Å². The predicted octanol–water partition coefficient (Wildman–Crippen LogP) is 1.47. The largest absolute Gasteiger partial charge is 0.623 e. The summed E-state index contributed by atoms with van der Waals surface area (Å²) in [6.45, 7) is 5.39. The van der Waals surface area contributed by atoms with Crippen molar-refractivity contribution in [1.29, 1.82) is 0 Å². The normalized spacial score (nSPS) is 13.5. The number of carbonyl (C=O) groups is 2. The first-order chi connectivity index (χ1) is 12.1. The molecule has 2 N–H and O–H groups in total. The lowest BCUT2D eigenvalue weighted by atomic mass is 10.1. The van der Waals surface area contributed by atoms with Crippen LogP contribution in [0.15, 0.2) is 24.3 Å². The first-order valence-electron chi connectivity index (χ1n) is 7.85. The monoisotopic (exact) mass is 376 g/mol. The van der Waals surface area contributed by atoms with Crippen molar-refractivity contribution < 1.29 is 19.4 Å². The number of aromatic nitrogens is 2. The van der Waals surface area contributed by atoms with Crippen LogP contribution in [0.4, 0.5) is 0 Å². The summed E-state index contributed by atoms with van der Waals surface area (Å²) >= 11 is 3.90. The summed E-state index contributed by atoms with van der Waals surface area (Å²) in [5.41, 5.74) is 0.615. The SMILES string of the molecule is CC(C)(C)/[N+]([O-])=C/c1ccc2nnc(C(=O)NC(CS)C(=O)O)cc2c1. The lowest BCUT2D eigenvalue weighted by Crippen LogP contribution is -2.42. The number of benzene rings is 1. The van der Waals surface area contributed by atoms with Gasteiger partial charge in [-0.2, -0.15) is 12.6 Å². The van der Waals surface area contributed by atoms with Gasteiger partial charge in [0.25, 0.3) is 5.91 Å². The van der Waals surface area contributed by atoms with Crippen LogP contribution in [0, 0.1) is 5.21 Å². The number of nitrogens with zero attached hydrogens (tertiary/aromatic N) is 3. The molecule has 1 unspecified atom stereocenters. The summed E-state index contributed by atoms with van der Waals surface area (Å²) in [4.78, 5) is 23.2. The Bertz CT molecular complexity index is 877. The third-order valence-corrected chi connectivity index (χ3v) is 3.92. The fourth-order valence-corrected chi connectivity index (χ4v) is 2.25. The number of hydroxylamine groups is 1. The number of hydrogen-bond donors (Lipinski definition) is 3. The van der Waals surface area contributed by atoms with Gasteiger partial charge in [-0.15, -0.1) is 10.2 Å². The number of carbonyl (C=O) groups excluding carboxylic acids is 1. The van der Waals surface area contributed by atoms with Crippen LogP contribution in [0.3, 0.4) is 0 Å². The first kappa shape index (κ1) is 19.6. The molecule has 2 rings (SSSR count). The molecule has 1 aromatic heterocycles. The highest BCUT2D eigenvalue weighted by Crippen LogP contribution is 2.14. The van der Waals surface area contributed by atoms with Crippen molar-refractivity contribution in [3.8, 4) is 0 Å². The minimum Gasteiger partial charge on any atom is -0.623 e. The molecule has 0 aliphatic rings. The molecule has 1 atom stereocenters. The van der Waals surface area contributed by atoms with Crippen LogP contribution in [0.5, 0.6) is 0 Å². The van der Waals surface area contributed by atoms with Crippen LogP contribution in [0.2, 0.25) is 0 Å². The van der Waals surface area contributed by atoms with Gasteiger partial charge in [-0.05, 0) is 24.3 Å². The molecule has 0 saturated heterocycles. The number of fused-ring (bicyclic) bond motifs is 1. The Hall–Kier alpha value is -2.68. The fraction of sp³-hybridized carbons (Fsp3) is 0.353. The third kappa shape index (κ3) is 4.69. The maximum atomic E-state index is 12.2. The molecule has 0 aliphatic carbocycles. The molecule has 0 radical (unpaired) electrons. The third-order valence-electron chi connectivity index (χ3n) is 3.56. The van der Waals surface area contributed by atoms with Gasteiger partial charge in [-0.1, -0.05) is 0 Å². The maximum Gasteiger partial charge on any atom is 0.327 e. The average Bonchev–Trinajstić information content (AvgIpc) is 2.57. The lowest BCUT2D eigenvalue weighted by Gasteiger charge is -2.18. The van der Waals surface area contributed by atoms with Crippen LogP contribution in [-0.2, 0) is 4.79 Å². The number of thiol groups is 1. The number of amides is 1. The van der Waals surface area contributed by atoms with Gasteiger partial charge >= 0.3 is 5.97 Å². The molecule has 9 heteroatoms. The average molecular weight is 376 g/mol. The molecular formula is C17H20N4O4S. The molecule has 138 valence electrons. The zero-order valence-electron chi connectivity index (χ0n) is 14.6. The predicted molar refractivity (Wildman–Crippen MR) is 101 cm³/mol. The Morgan fingerprint density at radius 1 is 1.35 bits per heavy atom. The standard InChI is InChI=1S/C17H20N4O4S/c1-17(2,3)21(25)8-10-4-5-12-11(6-10)7-13(20-19-12)15(22)18-14(9-26)16(23)24/h4-8,14,26H,9H2,1-3H3,(H,18,22)(H,23,24)/b21-8-. The van der Waals surface area contributed by atoms with Gasteiger partial charge in [0.1, 0.15) is 6.04 Å². The number of carboxylic acid groups (broad SMARTS) is 1. The van der Waals surface area contributed by atoms with E-state index in [0.717, 1.165) is 4.74 Å². The van der Waals surface area contributed by atoms with Gasteiger partial charge in [0.2, 0.25) is 0 Å². The van der Waals surface area contributed by atoms with E-state index >= 15 is 0 Å². The molecule has 2 aromatic rings. The zero-order chi connectivity index (χ0) is 19.5. The van der Waals surface area contributed by atoms with Crippen molar-refractivity contribution in [3.63, 3.8) is 0 Å². The fourth-order valence-electron chi connectivity index (χ4n) is 2.00. The van der Waals surface area contributed by atoms with Crippen LogP contribution < -0.4 is 5.32 Å². The van der Waals surface area contributed by atoms with E-state index in [1.54, 1.807) is 39.0 Å². The van der Waals surface area contributed by atoms with Crippen molar-refractivity contribution >= 4 is 41.6 Å². The van der Waals surface area contributed by atoms with Gasteiger partial charge in [-0.25, -0.2) is 9.53 Å². The molecule has 26 heavy (non-hydrogen) atoms. The van der Waals surface area contributed by atoms with Crippen molar-refractivity contribution in [2.24, 2.45) is 0 Å². The molecule has 1 amide bonds. The van der Waals surface area contributed by atoms with Crippen molar-refractivity contribution in [2.75, 3.05) is 5.75 Å². The molecule has 1 aromatic carbocycles. The van der Waals surface area contributed by atoms with E-state index in [9.17, 15) is 14.8 Å². The molecule has 0 saturated carbocycles. The van der Waals surface area contributed by atoms with Crippen molar-refractivity contribution in [2.45, 2.75) is 32.4 Å². The highest BCUT2D eigenvalue weighted by atomic mass is 32.1. The highest BCUT2D eigenvalue weighted by molar-refractivity contribution is 7.80. The van der Waals surface area contributed by atoms with E-state index < -0.39 is 23.5 Å². The molecule has 0 bridgehead atoms. The Balaban J connectivity index is 2.34. The topological polar surface area (TPSA) is 118 Å². The second-order valence-corrected chi connectivity index (χ2v) is 7.09. The Morgan fingerprint density at radius 2 is 2.04 bits per heavy atom. The Kier molecular flexibility index (Phi) is 5.81. The van der Waals surface area contributed by atoms with Gasteiger partial charge in [0.05, 0.1) is 5.52 Å². The Morgan fingerprint density at radius 3 is 2.62 bits per heavy atom. The number of rotatable bonds is 5. The van der Waals surface area contributed by atoms with Gasteiger partial charge < -0.3 is 15.6 Å². The van der Waals surface area contributed by atoms with Crippen LogP contribution in [-0.4, -0.2) is 55.5 Å². The summed E-state index contributed by atoms with van der Waals surface area (Å²) in [6.07, 6.45) is 1.46. The molecular weight excluding hydrogens is 356 g/mol. The summed E-state index contributed by atoms with van der Waals surface area (Å²) in [5, 5.41) is 31.8. The lowest BCUT2D eigenvalue weighted by molar-refractivity contribution is -0.530. The van der Waals surface area contributed by atoms with E-state index in [2.05, 4.69) is 28.1 Å². The summed E-state index contributed by atoms with van der Waals surface area (Å²) in [5.74, 6) is -1.89. The van der Waals surface area contributed by atoms with E-state index in [0.29, 0.717) is 16.5 Å². The zero-order valence-corrected chi connectivity index (χ0v) is 15.5. The molecule has 8 nitrogen and oxygen atoms in total. The first-order valence-corrected chi connectivity index (χ1v) is 8.48. The second-order valence-electron chi connectivity index (χ2n) is 6.72. The van der Waals surface area contributed by atoms with Crippen LogP contribution >= 0.6 is 12.6 Å². The van der Waals surface area contributed by atoms with Gasteiger partial charge in [0.15, 0.2) is 17.4 Å². The molecule has 1 heterocycles. The number of carboxylic acids is 1. The van der Waals surface area contributed by atoms with E-state index in [1.807, 2.05) is 0 Å².